The first-order chi connectivity index (χ1) is 15.5. The number of piperidine rings is 1. The molecular weight excluding hydrogens is 402 g/mol. The van der Waals surface area contributed by atoms with Crippen LogP contribution in [0.1, 0.15) is 55.2 Å². The number of rotatable bonds is 7. The Hall–Kier alpha value is -3.06. The summed E-state index contributed by atoms with van der Waals surface area (Å²) >= 11 is 0. The summed E-state index contributed by atoms with van der Waals surface area (Å²) < 4.78 is 7.73. The van der Waals surface area contributed by atoms with E-state index in [1.165, 1.54) is 0 Å². The van der Waals surface area contributed by atoms with Gasteiger partial charge >= 0.3 is 6.03 Å². The number of carbonyl (C=O) groups is 1. The number of hydrogen-bond acceptors (Lipinski definition) is 4. The van der Waals surface area contributed by atoms with Crippen LogP contribution in [-0.2, 0) is 0 Å². The summed E-state index contributed by atoms with van der Waals surface area (Å²) in [7, 11) is 0. The molecule has 1 saturated heterocycles. The lowest BCUT2D eigenvalue weighted by molar-refractivity contribution is 0.175. The van der Waals surface area contributed by atoms with Crippen molar-refractivity contribution in [3.05, 3.63) is 65.7 Å². The van der Waals surface area contributed by atoms with Crippen molar-refractivity contribution in [2.24, 2.45) is 0 Å². The minimum Gasteiger partial charge on any atom is -0.466 e. The van der Waals surface area contributed by atoms with Crippen LogP contribution in [0.3, 0.4) is 0 Å². The molecule has 0 saturated carbocycles. The van der Waals surface area contributed by atoms with Crippen molar-refractivity contribution >= 4 is 17.5 Å². The zero-order valence-electron chi connectivity index (χ0n) is 19.2. The second-order valence-electron chi connectivity index (χ2n) is 8.77. The van der Waals surface area contributed by atoms with Crippen LogP contribution in [-0.4, -0.2) is 40.3 Å². The number of anilines is 2. The van der Waals surface area contributed by atoms with Gasteiger partial charge in [-0.15, -0.1) is 0 Å². The molecular formula is C25H33N5O2. The lowest BCUT2D eigenvalue weighted by Crippen LogP contribution is -2.36. The highest BCUT2D eigenvalue weighted by atomic mass is 16.3. The maximum Gasteiger partial charge on any atom is 0.324 e. The van der Waals surface area contributed by atoms with Crippen LogP contribution in [0, 0.1) is 13.8 Å². The predicted octanol–water partition coefficient (Wildman–Crippen LogP) is 5.57. The lowest BCUT2D eigenvalue weighted by atomic mass is 10.0. The van der Waals surface area contributed by atoms with Gasteiger partial charge in [-0.05, 0) is 63.4 Å². The van der Waals surface area contributed by atoms with Crippen molar-refractivity contribution in [1.29, 1.82) is 0 Å². The summed E-state index contributed by atoms with van der Waals surface area (Å²) in [5, 5.41) is 10.4. The fourth-order valence-corrected chi connectivity index (χ4v) is 4.31. The Morgan fingerprint density at radius 3 is 2.62 bits per heavy atom. The molecule has 0 bridgehead atoms. The van der Waals surface area contributed by atoms with E-state index in [0.717, 1.165) is 67.5 Å². The Kier molecular flexibility index (Phi) is 6.95. The lowest BCUT2D eigenvalue weighted by Gasteiger charge is -2.33. The van der Waals surface area contributed by atoms with Crippen molar-refractivity contribution in [2.75, 3.05) is 30.3 Å². The molecule has 2 N–H and O–H groups in total. The molecule has 7 heteroatoms. The molecule has 1 fully saturated rings. The van der Waals surface area contributed by atoms with E-state index >= 15 is 0 Å². The molecule has 4 rings (SSSR count). The van der Waals surface area contributed by atoms with E-state index in [4.69, 9.17) is 4.42 Å². The van der Waals surface area contributed by atoms with Crippen molar-refractivity contribution in [2.45, 2.75) is 52.0 Å². The van der Waals surface area contributed by atoms with Crippen LogP contribution >= 0.6 is 0 Å². The molecule has 1 atom stereocenters. The van der Waals surface area contributed by atoms with Crippen molar-refractivity contribution in [3.63, 3.8) is 0 Å². The third-order valence-electron chi connectivity index (χ3n) is 6.33. The maximum atomic E-state index is 12.5. The van der Waals surface area contributed by atoms with Gasteiger partial charge in [-0.3, -0.25) is 5.32 Å². The molecule has 2 amide bonds. The van der Waals surface area contributed by atoms with Crippen molar-refractivity contribution < 1.29 is 9.21 Å². The van der Waals surface area contributed by atoms with Crippen LogP contribution in [0.25, 0.3) is 0 Å². The largest absolute Gasteiger partial charge is 0.466 e. The Morgan fingerprint density at radius 1 is 1.12 bits per heavy atom. The number of amides is 2. The van der Waals surface area contributed by atoms with Gasteiger partial charge in [0.05, 0.1) is 12.2 Å². The van der Waals surface area contributed by atoms with Gasteiger partial charge in [0, 0.05) is 30.8 Å². The summed E-state index contributed by atoms with van der Waals surface area (Å²) in [5.74, 6) is 3.21. The first-order valence-corrected chi connectivity index (χ1v) is 11.5. The van der Waals surface area contributed by atoms with E-state index in [1.54, 1.807) is 6.20 Å². The highest BCUT2D eigenvalue weighted by molar-refractivity contribution is 5.99. The van der Waals surface area contributed by atoms with Gasteiger partial charge in [0.2, 0.25) is 0 Å². The van der Waals surface area contributed by atoms with Gasteiger partial charge in [-0.25, -0.2) is 9.48 Å². The van der Waals surface area contributed by atoms with Crippen LogP contribution in [0.4, 0.5) is 16.3 Å². The van der Waals surface area contributed by atoms with E-state index in [2.05, 4.69) is 33.6 Å². The molecule has 7 nitrogen and oxygen atoms in total. The number of para-hydroxylation sites is 1. The van der Waals surface area contributed by atoms with Gasteiger partial charge in [0.25, 0.3) is 0 Å². The molecule has 0 aliphatic carbocycles. The fourth-order valence-electron chi connectivity index (χ4n) is 4.31. The zero-order valence-corrected chi connectivity index (χ0v) is 19.2. The number of benzene rings is 1. The third kappa shape index (κ3) is 5.40. The maximum absolute atomic E-state index is 12.5. The smallest absolute Gasteiger partial charge is 0.324 e. The summed E-state index contributed by atoms with van der Waals surface area (Å²) in [4.78, 5) is 15.0. The molecule has 1 aliphatic heterocycles. The van der Waals surface area contributed by atoms with Gasteiger partial charge in [0.1, 0.15) is 17.3 Å². The number of nitrogens with one attached hydrogen (secondary N) is 2. The normalized spacial score (nSPS) is 16.1. The molecule has 1 aromatic carbocycles. The van der Waals surface area contributed by atoms with Gasteiger partial charge in [0.15, 0.2) is 0 Å². The number of aromatic nitrogens is 2. The topological polar surface area (TPSA) is 75.3 Å². The number of likely N-dealkylation sites (tertiary alicyclic amines) is 1. The summed E-state index contributed by atoms with van der Waals surface area (Å²) in [6.07, 6.45) is 4.88. The molecule has 0 spiro atoms. The predicted molar refractivity (Wildman–Crippen MR) is 127 cm³/mol. The van der Waals surface area contributed by atoms with Crippen LogP contribution in [0.5, 0.6) is 0 Å². The third-order valence-corrected chi connectivity index (χ3v) is 6.33. The van der Waals surface area contributed by atoms with Crippen LogP contribution in [0.2, 0.25) is 0 Å². The quantitative estimate of drug-likeness (QED) is 0.509. The monoisotopic (exact) mass is 435 g/mol. The van der Waals surface area contributed by atoms with Crippen molar-refractivity contribution in [1.82, 2.24) is 14.7 Å². The molecule has 0 unspecified atom stereocenters. The number of hydrogen-bond donors (Lipinski definition) is 2. The number of nitrogens with zero attached hydrogens (tertiary/aromatic N) is 3. The zero-order chi connectivity index (χ0) is 22.5. The second-order valence-corrected chi connectivity index (χ2v) is 8.77. The second kappa shape index (κ2) is 10.0. The van der Waals surface area contributed by atoms with E-state index in [-0.39, 0.29) is 6.03 Å². The molecule has 2 aromatic heterocycles. The standard InChI is InChI=1S/C25H33N5O2/c1-18-6-4-5-7-22(18)27-25(31)28-24-10-14-26-30(24)21-12-16-29(17-13-21)15-11-19(2)23-9-8-20(3)32-23/h4-10,14,19,21H,11-13,15-17H2,1-3H3,(H2,27,28,31)/t19-/m0/s1. The van der Waals surface area contributed by atoms with E-state index in [9.17, 15) is 4.79 Å². The molecule has 32 heavy (non-hydrogen) atoms. The van der Waals surface area contributed by atoms with E-state index < -0.39 is 0 Å². The Bertz CT molecular complexity index is 1030. The molecule has 0 radical (unpaired) electrons. The minimum absolute atomic E-state index is 0.249. The van der Waals surface area contributed by atoms with Crippen molar-refractivity contribution in [3.8, 4) is 0 Å². The average Bonchev–Trinajstić information content (AvgIpc) is 3.43. The van der Waals surface area contributed by atoms with Gasteiger partial charge in [-0.1, -0.05) is 25.1 Å². The highest BCUT2D eigenvalue weighted by Crippen LogP contribution is 2.27. The Morgan fingerprint density at radius 2 is 1.91 bits per heavy atom. The molecule has 3 aromatic rings. The fraction of sp³-hybridized carbons (Fsp3) is 0.440. The van der Waals surface area contributed by atoms with Gasteiger partial charge < -0.3 is 14.6 Å². The SMILES string of the molecule is Cc1ccc([C@@H](C)CCN2CCC(n3nccc3NC(=O)Nc3ccccc3C)CC2)o1. The molecule has 3 heterocycles. The van der Waals surface area contributed by atoms with E-state index in [0.29, 0.717) is 12.0 Å². The Labute approximate surface area is 189 Å². The Balaban J connectivity index is 1.27. The van der Waals surface area contributed by atoms with E-state index in [1.807, 2.05) is 54.9 Å². The minimum atomic E-state index is -0.249. The summed E-state index contributed by atoms with van der Waals surface area (Å²) in [5.41, 5.74) is 1.84. The number of carbonyl (C=O) groups excluding carboxylic acids is 1. The number of aryl methyl sites for hydroxylation is 2. The van der Waals surface area contributed by atoms with Gasteiger partial charge in [-0.2, -0.15) is 5.10 Å². The number of urea groups is 1. The molecule has 170 valence electrons. The average molecular weight is 436 g/mol. The first-order valence-electron chi connectivity index (χ1n) is 11.5. The summed E-state index contributed by atoms with van der Waals surface area (Å²) in [6.45, 7) is 9.33. The first kappa shape index (κ1) is 22.1. The van der Waals surface area contributed by atoms with Crippen LogP contribution in [0.15, 0.2) is 53.1 Å². The number of furan rings is 1. The molecule has 1 aliphatic rings. The van der Waals surface area contributed by atoms with Crippen LogP contribution < -0.4 is 10.6 Å². The summed E-state index contributed by atoms with van der Waals surface area (Å²) in [6, 6.07) is 13.8. The highest BCUT2D eigenvalue weighted by Gasteiger charge is 2.24.